The minimum atomic E-state index is -1.23. The number of fused-ring (bicyclic) bond motifs is 1. The van der Waals surface area contributed by atoms with E-state index in [0.717, 1.165) is 29.3 Å². The second kappa shape index (κ2) is 16.1. The smallest absolute Gasteiger partial charge is 0.329 e. The number of carbonyl (C=O) groups is 6. The van der Waals surface area contributed by atoms with Gasteiger partial charge in [0.15, 0.2) is 22.8 Å². The van der Waals surface area contributed by atoms with Crippen LogP contribution in [-0.2, 0) is 41.6 Å². The van der Waals surface area contributed by atoms with E-state index in [1.165, 1.54) is 0 Å². The number of aryl methyl sites for hydroxylation is 2. The largest absolute Gasteiger partial charge is 0.481 e. The van der Waals surface area contributed by atoms with Crippen molar-refractivity contribution in [2.45, 2.75) is 56.7 Å². The number of nitrogens with one attached hydrogen (secondary N) is 1. The van der Waals surface area contributed by atoms with Gasteiger partial charge in [-0.1, -0.05) is 24.3 Å². The molecule has 3 aromatic rings. The number of carbonyl (C=O) groups excluding carboxylic acids is 5. The highest BCUT2D eigenvalue weighted by atomic mass is 32.2. The number of ketones is 1. The number of ether oxygens (including phenoxy) is 1. The second-order valence-electron chi connectivity index (χ2n) is 11.0. The third kappa shape index (κ3) is 8.99. The van der Waals surface area contributed by atoms with E-state index in [9.17, 15) is 33.9 Å². The number of carboxylic acids is 1. The Morgan fingerprint density at radius 1 is 1.10 bits per heavy atom. The Bertz CT molecular complexity index is 1720. The molecule has 0 spiro atoms. The molecule has 2 aromatic heterocycles. The predicted molar refractivity (Wildman–Crippen MR) is 174 cm³/mol. The van der Waals surface area contributed by atoms with Crippen LogP contribution in [0.5, 0.6) is 0 Å². The molecule has 1 fully saturated rings. The van der Waals surface area contributed by atoms with Gasteiger partial charge in [-0.3, -0.25) is 28.9 Å². The molecule has 1 unspecified atom stereocenters. The summed E-state index contributed by atoms with van der Waals surface area (Å²) in [7, 11) is 1.15. The summed E-state index contributed by atoms with van der Waals surface area (Å²) >= 11 is 1.06. The van der Waals surface area contributed by atoms with Gasteiger partial charge in [-0.25, -0.2) is 14.8 Å². The molecule has 6 N–H and O–H groups in total. The van der Waals surface area contributed by atoms with E-state index in [1.807, 2.05) is 0 Å². The molecule has 4 rings (SSSR count). The van der Waals surface area contributed by atoms with Crippen LogP contribution < -0.4 is 16.8 Å². The summed E-state index contributed by atoms with van der Waals surface area (Å²) in [6, 6.07) is 5.65. The van der Waals surface area contributed by atoms with Crippen molar-refractivity contribution in [1.82, 2.24) is 30.2 Å². The number of nitrogens with two attached hydrogens (primary N) is 2. The summed E-state index contributed by atoms with van der Waals surface area (Å²) in [5.74, 6) is -4.67. The molecule has 0 bridgehead atoms. The van der Waals surface area contributed by atoms with Gasteiger partial charge in [-0.2, -0.15) is 9.97 Å². The third-order valence-corrected chi connectivity index (χ3v) is 9.05. The van der Waals surface area contributed by atoms with E-state index >= 15 is 0 Å². The molecule has 0 saturated carbocycles. The first-order chi connectivity index (χ1) is 22.9. The fourth-order valence-corrected chi connectivity index (χ4v) is 6.27. The van der Waals surface area contributed by atoms with Gasteiger partial charge < -0.3 is 26.6 Å². The van der Waals surface area contributed by atoms with Gasteiger partial charge >= 0.3 is 11.9 Å². The fourth-order valence-electron chi connectivity index (χ4n) is 5.10. The zero-order chi connectivity index (χ0) is 35.0. The zero-order valence-electron chi connectivity index (χ0n) is 26.4. The average molecular weight is 681 g/mol. The van der Waals surface area contributed by atoms with Crippen LogP contribution in [-0.4, -0.2) is 96.1 Å². The maximum Gasteiger partial charge on any atom is 0.329 e. The number of methoxy groups -OCH3 is 1. The number of rotatable bonds is 16. The number of aromatic nitrogens is 4. The highest BCUT2D eigenvalue weighted by Crippen LogP contribution is 2.26. The number of Topliss-reactive ketones (excluding diaryl/α,β-unsaturated/α-hetero) is 1. The number of anilines is 2. The maximum atomic E-state index is 13.0. The van der Waals surface area contributed by atoms with E-state index < -0.39 is 40.8 Å². The van der Waals surface area contributed by atoms with Crippen LogP contribution in [0, 0.1) is 5.92 Å². The van der Waals surface area contributed by atoms with Crippen molar-refractivity contribution in [2.24, 2.45) is 5.92 Å². The number of amides is 3. The van der Waals surface area contributed by atoms with Crippen molar-refractivity contribution in [1.29, 1.82) is 0 Å². The molecule has 1 aromatic carbocycles. The lowest BCUT2D eigenvalue weighted by Gasteiger charge is -2.18. The minimum absolute atomic E-state index is 0.000582. The van der Waals surface area contributed by atoms with E-state index in [2.05, 4.69) is 25.3 Å². The molecule has 0 radical (unpaired) electrons. The van der Waals surface area contributed by atoms with E-state index in [0.29, 0.717) is 35.3 Å². The van der Waals surface area contributed by atoms with Crippen molar-refractivity contribution < 1.29 is 38.6 Å². The van der Waals surface area contributed by atoms with Crippen LogP contribution in [0.25, 0.3) is 11.2 Å². The van der Waals surface area contributed by atoms with Crippen LogP contribution in [0.2, 0.25) is 0 Å². The Morgan fingerprint density at radius 3 is 2.48 bits per heavy atom. The molecule has 16 nitrogen and oxygen atoms in total. The quantitative estimate of drug-likeness (QED) is 0.0934. The first-order valence-corrected chi connectivity index (χ1v) is 16.2. The van der Waals surface area contributed by atoms with Gasteiger partial charge in [-0.15, -0.1) is 11.8 Å². The molecule has 1 aliphatic heterocycles. The topological polar surface area (TPSA) is 251 Å². The second-order valence-corrected chi connectivity index (χ2v) is 12.3. The summed E-state index contributed by atoms with van der Waals surface area (Å²) in [6.45, 7) is 1.93. The standard InChI is InChI=1S/C31H36N8O8S/c1-3-39-24(42)13-22(28(39)43)48-15-20(30(46)47-2)36-23(41)11-9-18(29(44)45)12-21(40)17-7-4-16(5-8-17)6-10-19-14-34-27-25(35-19)26(32)37-31(33)38-27/h4-5,7-8,14,18,20,22H,3,6,9-13,15H2,1-2H3,(H,36,41)(H,44,45)(H4,32,33,34,37,38)/t18-,20+,22?/m1/s1. The first kappa shape index (κ1) is 35.7. The molecule has 1 saturated heterocycles. The molecule has 3 atom stereocenters. The summed E-state index contributed by atoms with van der Waals surface area (Å²) in [5, 5.41) is 11.6. The normalized spacial score (nSPS) is 15.7. The van der Waals surface area contributed by atoms with Gasteiger partial charge in [0.25, 0.3) is 0 Å². The van der Waals surface area contributed by atoms with Crippen molar-refractivity contribution in [2.75, 3.05) is 30.9 Å². The van der Waals surface area contributed by atoms with E-state index in [4.69, 9.17) is 16.2 Å². The number of nitrogen functional groups attached to an aromatic ring is 2. The fraction of sp³-hybridized carbons (Fsp3) is 0.419. The number of thioether (sulfide) groups is 1. The number of aliphatic carboxylic acids is 1. The SMILES string of the molecule is CCN1C(=O)CC(SC[C@H](NC(=O)CC[C@H](CC(=O)c2ccc(CCc3cnc4nc(N)nc(N)c4n3)cc2)C(=O)O)C(=O)OC)C1=O. The minimum Gasteiger partial charge on any atom is -0.481 e. The van der Waals surface area contributed by atoms with Crippen LogP contribution in [0.15, 0.2) is 30.5 Å². The molecule has 254 valence electrons. The Labute approximate surface area is 279 Å². The van der Waals surface area contributed by atoms with Gasteiger partial charge in [0, 0.05) is 37.1 Å². The number of esters is 1. The highest BCUT2D eigenvalue weighted by molar-refractivity contribution is 8.00. The lowest BCUT2D eigenvalue weighted by molar-refractivity contribution is -0.145. The Hall–Kier alpha value is -5.19. The third-order valence-electron chi connectivity index (χ3n) is 7.75. The number of carboxylic acid groups (broad SMARTS) is 1. The zero-order valence-corrected chi connectivity index (χ0v) is 27.2. The van der Waals surface area contributed by atoms with E-state index in [1.54, 1.807) is 37.4 Å². The molecule has 0 aliphatic carbocycles. The summed E-state index contributed by atoms with van der Waals surface area (Å²) in [5.41, 5.74) is 14.0. The number of hydrogen-bond donors (Lipinski definition) is 4. The molecule has 3 heterocycles. The summed E-state index contributed by atoms with van der Waals surface area (Å²) in [6.07, 6.45) is 1.93. The van der Waals surface area contributed by atoms with Crippen molar-refractivity contribution in [3.63, 3.8) is 0 Å². The van der Waals surface area contributed by atoms with Crippen LogP contribution in [0.3, 0.4) is 0 Å². The van der Waals surface area contributed by atoms with Crippen molar-refractivity contribution >= 4 is 70.1 Å². The lowest BCUT2D eigenvalue weighted by Crippen LogP contribution is -2.44. The molecule has 1 aliphatic rings. The van der Waals surface area contributed by atoms with E-state index in [-0.39, 0.29) is 61.6 Å². The van der Waals surface area contributed by atoms with Gasteiger partial charge in [0.05, 0.1) is 30.2 Å². The summed E-state index contributed by atoms with van der Waals surface area (Å²) < 4.78 is 4.77. The average Bonchev–Trinajstić information content (AvgIpc) is 3.34. The monoisotopic (exact) mass is 680 g/mol. The van der Waals surface area contributed by atoms with Crippen LogP contribution >= 0.6 is 11.8 Å². The van der Waals surface area contributed by atoms with Crippen LogP contribution in [0.1, 0.15) is 54.2 Å². The highest BCUT2D eigenvalue weighted by Gasteiger charge is 2.38. The molecular weight excluding hydrogens is 644 g/mol. The van der Waals surface area contributed by atoms with Gasteiger partial charge in [0.2, 0.25) is 23.7 Å². The Kier molecular flexibility index (Phi) is 11.9. The summed E-state index contributed by atoms with van der Waals surface area (Å²) in [4.78, 5) is 92.1. The predicted octanol–water partition coefficient (Wildman–Crippen LogP) is 0.962. The molecule has 48 heavy (non-hydrogen) atoms. The van der Waals surface area contributed by atoms with Crippen LogP contribution in [0.4, 0.5) is 11.8 Å². The first-order valence-electron chi connectivity index (χ1n) is 15.1. The number of nitrogens with zero attached hydrogens (tertiary/aromatic N) is 5. The van der Waals surface area contributed by atoms with Gasteiger partial charge in [0.1, 0.15) is 6.04 Å². The number of imide groups is 1. The number of likely N-dealkylation sites (tertiary alicyclic amines) is 1. The lowest BCUT2D eigenvalue weighted by atomic mass is 9.93. The molecule has 17 heteroatoms. The van der Waals surface area contributed by atoms with Crippen molar-refractivity contribution in [3.8, 4) is 0 Å². The number of hydrogen-bond acceptors (Lipinski definition) is 14. The number of benzene rings is 1. The maximum absolute atomic E-state index is 13.0. The molecule has 3 amide bonds. The van der Waals surface area contributed by atoms with Gasteiger partial charge in [-0.05, 0) is 31.7 Å². The Balaban J connectivity index is 1.27. The van der Waals surface area contributed by atoms with Crippen molar-refractivity contribution in [3.05, 3.63) is 47.3 Å². The molecular formula is C31H36N8O8S. The Morgan fingerprint density at radius 2 is 1.83 bits per heavy atom.